The highest BCUT2D eigenvalue weighted by molar-refractivity contribution is 5.89. The summed E-state index contributed by atoms with van der Waals surface area (Å²) < 4.78 is 194. The molecule has 0 aliphatic carbocycles. The van der Waals surface area contributed by atoms with Crippen LogP contribution >= 0.6 is 0 Å². The third-order valence-electron chi connectivity index (χ3n) is 4.60. The quantitative estimate of drug-likeness (QED) is 0.333. The summed E-state index contributed by atoms with van der Waals surface area (Å²) in [5.41, 5.74) is -14.2. The van der Waals surface area contributed by atoms with Crippen molar-refractivity contribution in [2.24, 2.45) is 0 Å². The van der Waals surface area contributed by atoms with E-state index in [2.05, 4.69) is 9.47 Å². The van der Waals surface area contributed by atoms with E-state index in [9.17, 15) is 71.4 Å². The maximum atomic E-state index is 14.6. The Hall–Kier alpha value is -1.85. The van der Waals surface area contributed by atoms with Gasteiger partial charge in [-0.15, -0.1) is 0 Å². The molecular formula is C14H10F14O4. The Kier molecular flexibility index (Phi) is 6.45. The fourth-order valence-electron chi connectivity index (χ4n) is 2.73. The predicted molar refractivity (Wildman–Crippen MR) is 70.8 cm³/mol. The Morgan fingerprint density at radius 2 is 1.38 bits per heavy atom. The summed E-state index contributed by atoms with van der Waals surface area (Å²) in [5.74, 6) is -17.1. The molecule has 1 heterocycles. The fourth-order valence-corrected chi connectivity index (χ4v) is 2.73. The van der Waals surface area contributed by atoms with Crippen LogP contribution in [0.5, 0.6) is 0 Å². The van der Waals surface area contributed by atoms with Crippen molar-refractivity contribution in [2.45, 2.75) is 67.4 Å². The zero-order valence-electron chi connectivity index (χ0n) is 15.1. The molecule has 0 saturated carbocycles. The molecule has 4 nitrogen and oxygen atoms in total. The Morgan fingerprint density at radius 1 is 0.938 bits per heavy atom. The number of aliphatic hydroxyl groups is 1. The lowest BCUT2D eigenvalue weighted by molar-refractivity contribution is -0.536. The predicted octanol–water partition coefficient (Wildman–Crippen LogP) is 4.97. The number of alkyl halides is 14. The van der Waals surface area contributed by atoms with Gasteiger partial charge in [-0.05, 0) is 6.42 Å². The first-order valence-corrected chi connectivity index (χ1v) is 7.76. The van der Waals surface area contributed by atoms with Gasteiger partial charge in [-0.3, -0.25) is 0 Å². The van der Waals surface area contributed by atoms with Crippen molar-refractivity contribution in [1.82, 2.24) is 0 Å². The highest BCUT2D eigenvalue weighted by Crippen LogP contribution is 2.65. The molecule has 0 bridgehead atoms. The van der Waals surface area contributed by atoms with E-state index < -0.39 is 72.0 Å². The second kappa shape index (κ2) is 7.33. The van der Waals surface area contributed by atoms with Crippen molar-refractivity contribution in [3.05, 3.63) is 12.2 Å². The normalized spacial score (nSPS) is 31.9. The first kappa shape index (κ1) is 28.2. The minimum Gasteiger partial charge on any atom is -0.439 e. The summed E-state index contributed by atoms with van der Waals surface area (Å²) in [5, 5.41) is 9.34. The second-order valence-electron chi connectivity index (χ2n) is 6.53. The van der Waals surface area contributed by atoms with E-state index in [0.29, 0.717) is 0 Å². The number of halogens is 14. The molecule has 0 aromatic rings. The molecule has 1 saturated heterocycles. The highest BCUT2D eigenvalue weighted by Gasteiger charge is 2.92. The van der Waals surface area contributed by atoms with Gasteiger partial charge in [0, 0.05) is 6.42 Å². The minimum absolute atomic E-state index is 0.214. The molecule has 3 atom stereocenters. The summed E-state index contributed by atoms with van der Waals surface area (Å²) in [6.07, 6.45) is -31.9. The fraction of sp³-hybridized carbons (Fsp3) is 0.786. The molecule has 0 spiro atoms. The lowest BCUT2D eigenvalue weighted by Gasteiger charge is -2.56. The van der Waals surface area contributed by atoms with Gasteiger partial charge in [0.2, 0.25) is 0 Å². The number of rotatable bonds is 3. The van der Waals surface area contributed by atoms with Crippen LogP contribution in [0.3, 0.4) is 0 Å². The van der Waals surface area contributed by atoms with Gasteiger partial charge >= 0.3 is 42.4 Å². The topological polar surface area (TPSA) is 55.8 Å². The SMILES string of the molecule is C=C(C(=O)OC1(C(F)(F)F)CC(CC)(C(F)(F)F)OC(O)(C(F)(F)F)C1(F)F)C(F)(F)F. The first-order valence-electron chi connectivity index (χ1n) is 7.76. The second-order valence-corrected chi connectivity index (χ2v) is 6.53. The maximum Gasteiger partial charge on any atom is 0.449 e. The number of hydrogen-bond donors (Lipinski definition) is 1. The Morgan fingerprint density at radius 3 is 1.66 bits per heavy atom. The number of ether oxygens (including phenoxy) is 2. The molecule has 32 heavy (non-hydrogen) atoms. The van der Waals surface area contributed by atoms with Crippen molar-refractivity contribution in [2.75, 3.05) is 0 Å². The molecule has 188 valence electrons. The van der Waals surface area contributed by atoms with Gasteiger partial charge in [-0.2, -0.15) is 61.5 Å². The zero-order valence-corrected chi connectivity index (χ0v) is 15.1. The van der Waals surface area contributed by atoms with Gasteiger partial charge < -0.3 is 14.6 Å². The molecule has 0 radical (unpaired) electrons. The van der Waals surface area contributed by atoms with Crippen LogP contribution in [0.15, 0.2) is 12.2 Å². The van der Waals surface area contributed by atoms with Gasteiger partial charge in [-0.25, -0.2) is 4.79 Å². The van der Waals surface area contributed by atoms with Crippen LogP contribution in [0.25, 0.3) is 0 Å². The molecule has 18 heteroatoms. The number of carbonyl (C=O) groups is 1. The van der Waals surface area contributed by atoms with Crippen LogP contribution in [0.1, 0.15) is 19.8 Å². The van der Waals surface area contributed by atoms with Gasteiger partial charge in [-0.1, -0.05) is 13.5 Å². The summed E-state index contributed by atoms with van der Waals surface area (Å²) in [6.45, 7) is 2.11. The van der Waals surface area contributed by atoms with Crippen molar-refractivity contribution < 1.29 is 80.8 Å². The van der Waals surface area contributed by atoms with Crippen molar-refractivity contribution in [3.63, 3.8) is 0 Å². The number of carbonyl (C=O) groups excluding carboxylic acids is 1. The smallest absolute Gasteiger partial charge is 0.439 e. The van der Waals surface area contributed by atoms with E-state index in [-0.39, 0.29) is 6.92 Å². The average molecular weight is 508 g/mol. The molecule has 0 aromatic carbocycles. The zero-order chi connectivity index (χ0) is 26.0. The highest BCUT2D eigenvalue weighted by atomic mass is 19.4. The summed E-state index contributed by atoms with van der Waals surface area (Å²) in [7, 11) is 0. The van der Waals surface area contributed by atoms with Gasteiger partial charge in [0.25, 0.3) is 5.60 Å². The molecule has 1 fully saturated rings. The Labute approximate surface area is 167 Å². The largest absolute Gasteiger partial charge is 0.449 e. The van der Waals surface area contributed by atoms with Crippen molar-refractivity contribution in [3.8, 4) is 0 Å². The van der Waals surface area contributed by atoms with E-state index in [1.165, 1.54) is 0 Å². The average Bonchev–Trinajstić information content (AvgIpc) is 2.54. The van der Waals surface area contributed by atoms with Crippen LogP contribution in [-0.4, -0.2) is 58.7 Å². The standard InChI is InChI=1S/C14H10F14O4/c1-3-7(12(20,21)22)4-8(13(23,24)25,31-6(29)5(2)9(15,16)17)10(18,19)11(30,32-7)14(26,27)28/h30H,2-4H2,1H3. The van der Waals surface area contributed by atoms with Crippen LogP contribution in [0.4, 0.5) is 61.5 Å². The summed E-state index contributed by atoms with van der Waals surface area (Å²) in [4.78, 5) is 11.4. The Balaban J connectivity index is 4.04. The van der Waals surface area contributed by atoms with E-state index in [1.54, 1.807) is 0 Å². The van der Waals surface area contributed by atoms with Gasteiger partial charge in [0.15, 0.2) is 5.60 Å². The first-order chi connectivity index (χ1) is 13.8. The molecule has 3 unspecified atom stereocenters. The lowest BCUT2D eigenvalue weighted by Crippen LogP contribution is -2.82. The van der Waals surface area contributed by atoms with E-state index in [1.807, 2.05) is 6.58 Å². The van der Waals surface area contributed by atoms with Crippen LogP contribution in [0.2, 0.25) is 0 Å². The molecule has 0 aromatic heterocycles. The van der Waals surface area contributed by atoms with E-state index >= 15 is 0 Å². The van der Waals surface area contributed by atoms with Crippen LogP contribution < -0.4 is 0 Å². The Bertz CT molecular complexity index is 763. The third kappa shape index (κ3) is 3.88. The molecule has 1 N–H and O–H groups in total. The molecule has 1 rings (SSSR count). The number of hydrogen-bond acceptors (Lipinski definition) is 4. The molecular weight excluding hydrogens is 498 g/mol. The maximum absolute atomic E-state index is 14.6. The molecule has 1 aliphatic heterocycles. The molecule has 1 aliphatic rings. The summed E-state index contributed by atoms with van der Waals surface area (Å²) >= 11 is 0. The number of esters is 1. The van der Waals surface area contributed by atoms with E-state index in [4.69, 9.17) is 0 Å². The molecule has 0 amide bonds. The van der Waals surface area contributed by atoms with E-state index in [0.717, 1.165) is 0 Å². The van der Waals surface area contributed by atoms with Gasteiger partial charge in [0.1, 0.15) is 5.57 Å². The third-order valence-corrected chi connectivity index (χ3v) is 4.60. The van der Waals surface area contributed by atoms with Crippen molar-refractivity contribution >= 4 is 5.97 Å². The van der Waals surface area contributed by atoms with Crippen LogP contribution in [0, 0.1) is 0 Å². The lowest BCUT2D eigenvalue weighted by atomic mass is 9.73. The van der Waals surface area contributed by atoms with Gasteiger partial charge in [0.05, 0.1) is 0 Å². The minimum atomic E-state index is -7.10. The van der Waals surface area contributed by atoms with Crippen LogP contribution in [-0.2, 0) is 14.3 Å². The monoisotopic (exact) mass is 508 g/mol. The van der Waals surface area contributed by atoms with Crippen molar-refractivity contribution in [1.29, 1.82) is 0 Å². The summed E-state index contributed by atoms with van der Waals surface area (Å²) in [6, 6.07) is 0.